The lowest BCUT2D eigenvalue weighted by atomic mass is 9.59. The maximum absolute atomic E-state index is 5.68. The van der Waals surface area contributed by atoms with Crippen LogP contribution in [-0.2, 0) is 4.74 Å². The number of hydrogen-bond donors (Lipinski definition) is 0. The van der Waals surface area contributed by atoms with Gasteiger partial charge < -0.3 is 4.74 Å². The van der Waals surface area contributed by atoms with Crippen LogP contribution in [0.25, 0.3) is 0 Å². The Morgan fingerprint density at radius 1 is 1.58 bits per heavy atom. The van der Waals surface area contributed by atoms with Crippen molar-refractivity contribution >= 4 is 15.9 Å². The third-order valence-corrected chi connectivity index (χ3v) is 3.36. The molecule has 0 N–H and O–H groups in total. The Morgan fingerprint density at radius 2 is 2.17 bits per heavy atom. The highest BCUT2D eigenvalue weighted by atomic mass is 79.9. The van der Waals surface area contributed by atoms with E-state index >= 15 is 0 Å². The molecule has 0 spiro atoms. The van der Waals surface area contributed by atoms with Crippen LogP contribution in [0.2, 0.25) is 0 Å². The molecule has 1 aliphatic rings. The van der Waals surface area contributed by atoms with Crippen molar-refractivity contribution in [1.82, 2.24) is 0 Å². The summed E-state index contributed by atoms with van der Waals surface area (Å²) in [4.78, 5) is 2.05. The Balaban J connectivity index is 2.70. The van der Waals surface area contributed by atoms with Crippen molar-refractivity contribution in [2.75, 3.05) is 6.61 Å². The molecule has 0 saturated heterocycles. The molecule has 0 aromatic heterocycles. The first-order valence-electron chi connectivity index (χ1n) is 4.48. The van der Waals surface area contributed by atoms with Gasteiger partial charge in [0, 0.05) is 17.9 Å². The molecule has 0 radical (unpaired) electrons. The molecule has 0 unspecified atom stereocenters. The Bertz CT molecular complexity index is 196. The first-order chi connectivity index (χ1) is 5.55. The molecular weight excluding hydrogens is 216 g/mol. The third kappa shape index (κ3) is 1.35. The Morgan fingerprint density at radius 3 is 2.50 bits per heavy atom. The molecule has 1 saturated carbocycles. The molecule has 2 heteroatoms. The van der Waals surface area contributed by atoms with Gasteiger partial charge in [0.05, 0.1) is 6.10 Å². The molecule has 70 valence electrons. The molecule has 1 fully saturated rings. The zero-order chi connectivity index (χ0) is 9.35. The second kappa shape index (κ2) is 3.51. The van der Waals surface area contributed by atoms with Crippen molar-refractivity contribution in [3.8, 4) is 0 Å². The lowest BCUT2D eigenvalue weighted by Gasteiger charge is -2.52. The van der Waals surface area contributed by atoms with Crippen LogP contribution in [0.3, 0.4) is 0 Å². The largest absolute Gasteiger partial charge is 0.377 e. The molecule has 0 aliphatic heterocycles. The summed E-state index contributed by atoms with van der Waals surface area (Å²) in [7, 11) is 0. The van der Waals surface area contributed by atoms with E-state index in [2.05, 4.69) is 43.6 Å². The van der Waals surface area contributed by atoms with Gasteiger partial charge in [-0.1, -0.05) is 36.7 Å². The summed E-state index contributed by atoms with van der Waals surface area (Å²) in [5.74, 6) is 0.569. The van der Waals surface area contributed by atoms with E-state index in [0.29, 0.717) is 12.0 Å². The standard InChI is InChI=1S/C10H17BrO/c1-5-12-9-7(2)8(6-11)10(9,3)4/h6-7,9H,5H2,1-4H3/b8-6+/t7-,9+/m1/s1. The molecule has 0 aromatic carbocycles. The predicted molar refractivity (Wildman–Crippen MR) is 55.4 cm³/mol. The van der Waals surface area contributed by atoms with Crippen molar-refractivity contribution in [2.45, 2.75) is 33.8 Å². The van der Waals surface area contributed by atoms with E-state index in [1.807, 2.05) is 4.99 Å². The van der Waals surface area contributed by atoms with Crippen molar-refractivity contribution in [3.63, 3.8) is 0 Å². The highest BCUT2D eigenvalue weighted by Crippen LogP contribution is 2.52. The van der Waals surface area contributed by atoms with E-state index in [1.54, 1.807) is 0 Å². The zero-order valence-electron chi connectivity index (χ0n) is 8.23. The molecule has 1 aliphatic carbocycles. The fourth-order valence-electron chi connectivity index (χ4n) is 2.22. The van der Waals surface area contributed by atoms with Gasteiger partial charge in [-0.3, -0.25) is 0 Å². The average molecular weight is 233 g/mol. The molecule has 0 heterocycles. The molecule has 0 amide bonds. The highest BCUT2D eigenvalue weighted by Gasteiger charge is 2.49. The predicted octanol–water partition coefficient (Wildman–Crippen LogP) is 3.35. The summed E-state index contributed by atoms with van der Waals surface area (Å²) in [5.41, 5.74) is 1.68. The smallest absolute Gasteiger partial charge is 0.0726 e. The van der Waals surface area contributed by atoms with Crippen molar-refractivity contribution in [2.24, 2.45) is 11.3 Å². The topological polar surface area (TPSA) is 9.23 Å². The normalized spacial score (nSPS) is 36.6. The first kappa shape index (κ1) is 10.3. The van der Waals surface area contributed by atoms with E-state index in [0.717, 1.165) is 6.61 Å². The number of rotatable bonds is 2. The number of halogens is 1. The van der Waals surface area contributed by atoms with Crippen LogP contribution in [0.15, 0.2) is 10.6 Å². The van der Waals surface area contributed by atoms with Crippen LogP contribution in [-0.4, -0.2) is 12.7 Å². The zero-order valence-corrected chi connectivity index (χ0v) is 9.81. The summed E-state index contributed by atoms with van der Waals surface area (Å²) in [6.07, 6.45) is 0.395. The van der Waals surface area contributed by atoms with Crippen molar-refractivity contribution in [3.05, 3.63) is 10.6 Å². The molecule has 12 heavy (non-hydrogen) atoms. The minimum atomic E-state index is 0.221. The van der Waals surface area contributed by atoms with Gasteiger partial charge in [-0.15, -0.1) is 0 Å². The number of hydrogen-bond acceptors (Lipinski definition) is 1. The van der Waals surface area contributed by atoms with Crippen molar-refractivity contribution in [1.29, 1.82) is 0 Å². The minimum Gasteiger partial charge on any atom is -0.377 e. The quantitative estimate of drug-likeness (QED) is 0.710. The lowest BCUT2D eigenvalue weighted by molar-refractivity contribution is -0.0814. The van der Waals surface area contributed by atoms with Crippen LogP contribution in [0.5, 0.6) is 0 Å². The summed E-state index contributed by atoms with van der Waals surface area (Å²) in [5, 5.41) is 0. The van der Waals surface area contributed by atoms with Gasteiger partial charge in [0.1, 0.15) is 0 Å². The monoisotopic (exact) mass is 232 g/mol. The summed E-state index contributed by atoms with van der Waals surface area (Å²) in [6, 6.07) is 0. The molecule has 2 atom stereocenters. The molecular formula is C10H17BrO. The first-order valence-corrected chi connectivity index (χ1v) is 5.39. The summed E-state index contributed by atoms with van der Waals surface area (Å²) >= 11 is 3.40. The Kier molecular flexibility index (Phi) is 3.00. The van der Waals surface area contributed by atoms with E-state index < -0.39 is 0 Å². The van der Waals surface area contributed by atoms with E-state index in [1.165, 1.54) is 5.57 Å². The lowest BCUT2D eigenvalue weighted by Crippen LogP contribution is -2.51. The van der Waals surface area contributed by atoms with E-state index in [4.69, 9.17) is 4.74 Å². The van der Waals surface area contributed by atoms with Crippen LogP contribution in [0.4, 0.5) is 0 Å². The van der Waals surface area contributed by atoms with Gasteiger partial charge in [-0.05, 0) is 17.5 Å². The molecule has 1 rings (SSSR count). The SMILES string of the molecule is CCO[C@H]1[C@H](C)/C(=C\Br)C1(C)C. The fourth-order valence-corrected chi connectivity index (χ4v) is 3.22. The van der Waals surface area contributed by atoms with Gasteiger partial charge >= 0.3 is 0 Å². The van der Waals surface area contributed by atoms with Gasteiger partial charge in [-0.2, -0.15) is 0 Å². The molecule has 0 bridgehead atoms. The van der Waals surface area contributed by atoms with Gasteiger partial charge in [-0.25, -0.2) is 0 Å². The second-order valence-corrected chi connectivity index (χ2v) is 4.41. The minimum absolute atomic E-state index is 0.221. The van der Waals surface area contributed by atoms with E-state index in [9.17, 15) is 0 Å². The Labute approximate surface area is 83.3 Å². The van der Waals surface area contributed by atoms with Crippen molar-refractivity contribution < 1.29 is 4.74 Å². The third-order valence-electron chi connectivity index (χ3n) is 2.86. The van der Waals surface area contributed by atoms with Gasteiger partial charge in [0.25, 0.3) is 0 Å². The van der Waals surface area contributed by atoms with Crippen LogP contribution >= 0.6 is 15.9 Å². The maximum atomic E-state index is 5.68. The summed E-state index contributed by atoms with van der Waals surface area (Å²) < 4.78 is 5.68. The molecule has 0 aromatic rings. The van der Waals surface area contributed by atoms with Crippen LogP contribution in [0, 0.1) is 11.3 Å². The highest BCUT2D eigenvalue weighted by molar-refractivity contribution is 9.11. The maximum Gasteiger partial charge on any atom is 0.0726 e. The van der Waals surface area contributed by atoms with Crippen LogP contribution in [0.1, 0.15) is 27.7 Å². The number of ether oxygens (including phenoxy) is 1. The average Bonchev–Trinajstić information content (AvgIpc) is 2.00. The van der Waals surface area contributed by atoms with Crippen LogP contribution < -0.4 is 0 Å². The fraction of sp³-hybridized carbons (Fsp3) is 0.800. The van der Waals surface area contributed by atoms with E-state index in [-0.39, 0.29) is 5.41 Å². The Hall–Kier alpha value is 0.180. The van der Waals surface area contributed by atoms with Gasteiger partial charge in [0.2, 0.25) is 0 Å². The van der Waals surface area contributed by atoms with Gasteiger partial charge in [0.15, 0.2) is 0 Å². The summed E-state index contributed by atoms with van der Waals surface area (Å²) in [6.45, 7) is 9.56. The molecule has 1 nitrogen and oxygen atoms in total. The second-order valence-electron chi connectivity index (χ2n) is 3.95.